The van der Waals surface area contributed by atoms with Gasteiger partial charge in [-0.2, -0.15) is 5.26 Å². The summed E-state index contributed by atoms with van der Waals surface area (Å²) in [6.07, 6.45) is 1.81. The minimum atomic E-state index is -0.191. The second kappa shape index (κ2) is 7.09. The fourth-order valence-corrected chi connectivity index (χ4v) is 2.67. The van der Waals surface area contributed by atoms with E-state index in [0.29, 0.717) is 23.5 Å². The Morgan fingerprint density at radius 3 is 2.86 bits per heavy atom. The van der Waals surface area contributed by atoms with Crippen LogP contribution in [0.5, 0.6) is 0 Å². The van der Waals surface area contributed by atoms with Gasteiger partial charge in [-0.1, -0.05) is 0 Å². The first kappa shape index (κ1) is 16.0. The van der Waals surface area contributed by atoms with Crippen LogP contribution in [-0.4, -0.2) is 21.6 Å². The summed E-state index contributed by atoms with van der Waals surface area (Å²) in [6.45, 7) is 5.45. The molecule has 2 rings (SSSR count). The summed E-state index contributed by atoms with van der Waals surface area (Å²) in [7, 11) is 0. The van der Waals surface area contributed by atoms with Crippen LogP contribution in [0.25, 0.3) is 0 Å². The van der Waals surface area contributed by atoms with Crippen LogP contribution in [0.2, 0.25) is 0 Å². The lowest BCUT2D eigenvalue weighted by Gasteiger charge is -2.03. The number of carbonyl (C=O) groups excluding carboxylic acids is 1. The summed E-state index contributed by atoms with van der Waals surface area (Å²) in [5, 5.41) is 12.6. The van der Waals surface area contributed by atoms with Crippen LogP contribution < -0.4 is 5.32 Å². The third-order valence-electron chi connectivity index (χ3n) is 3.11. The van der Waals surface area contributed by atoms with Crippen molar-refractivity contribution in [3.8, 4) is 6.07 Å². The minimum Gasteiger partial charge on any atom is -0.444 e. The first-order valence-electron chi connectivity index (χ1n) is 6.72. The average Bonchev–Trinajstić information content (AvgIpc) is 2.73. The van der Waals surface area contributed by atoms with E-state index in [1.165, 1.54) is 18.1 Å². The first-order chi connectivity index (χ1) is 10.5. The lowest BCUT2D eigenvalue weighted by Crippen LogP contribution is -2.12. The molecule has 0 aromatic carbocycles. The Morgan fingerprint density at radius 2 is 2.18 bits per heavy atom. The molecule has 0 aliphatic carbocycles. The van der Waals surface area contributed by atoms with E-state index in [1.54, 1.807) is 13.8 Å². The highest BCUT2D eigenvalue weighted by atomic mass is 32.2. The number of aryl methyl sites for hydroxylation is 2. The molecule has 0 saturated carbocycles. The third kappa shape index (κ3) is 3.86. The number of rotatable bonds is 5. The van der Waals surface area contributed by atoms with Crippen molar-refractivity contribution in [3.05, 3.63) is 35.0 Å². The second-order valence-electron chi connectivity index (χ2n) is 4.74. The van der Waals surface area contributed by atoms with Gasteiger partial charge >= 0.3 is 0 Å². The summed E-state index contributed by atoms with van der Waals surface area (Å²) in [6, 6.07) is 3.92. The molecule has 114 valence electrons. The van der Waals surface area contributed by atoms with Crippen LogP contribution in [-0.2, 0) is 4.79 Å². The number of hydrogen-bond acceptors (Lipinski definition) is 6. The molecule has 0 aliphatic heterocycles. The highest BCUT2D eigenvalue weighted by Gasteiger charge is 2.16. The number of nitrogens with zero attached hydrogens (tertiary/aromatic N) is 3. The Bertz CT molecular complexity index is 734. The van der Waals surface area contributed by atoms with E-state index < -0.39 is 0 Å². The number of furan rings is 1. The van der Waals surface area contributed by atoms with E-state index in [-0.39, 0.29) is 11.8 Å². The number of aromatic nitrogens is 2. The molecular weight excluding hydrogens is 300 g/mol. The topological polar surface area (TPSA) is 91.8 Å². The zero-order chi connectivity index (χ0) is 16.1. The van der Waals surface area contributed by atoms with Crippen LogP contribution in [0.3, 0.4) is 0 Å². The molecular formula is C15H16N4O2S. The highest BCUT2D eigenvalue weighted by Crippen LogP contribution is 2.25. The highest BCUT2D eigenvalue weighted by molar-refractivity contribution is 7.99. The molecule has 0 atom stereocenters. The smallest absolute Gasteiger partial charge is 0.227 e. The van der Waals surface area contributed by atoms with Gasteiger partial charge in [0.2, 0.25) is 11.8 Å². The third-order valence-corrected chi connectivity index (χ3v) is 4.04. The Hall–Kier alpha value is -2.33. The molecule has 2 aromatic rings. The Labute approximate surface area is 133 Å². The first-order valence-corrected chi connectivity index (χ1v) is 7.71. The summed E-state index contributed by atoms with van der Waals surface area (Å²) in [4.78, 5) is 20.1. The van der Waals surface area contributed by atoms with Crippen molar-refractivity contribution in [2.24, 2.45) is 0 Å². The number of carbonyl (C=O) groups is 1. The van der Waals surface area contributed by atoms with Gasteiger partial charge in [-0.3, -0.25) is 10.1 Å². The maximum absolute atomic E-state index is 11.9. The fraction of sp³-hybridized carbons (Fsp3) is 0.333. The van der Waals surface area contributed by atoms with Gasteiger partial charge in [-0.25, -0.2) is 9.97 Å². The zero-order valence-corrected chi connectivity index (χ0v) is 13.5. The van der Waals surface area contributed by atoms with Gasteiger partial charge in [0.05, 0.1) is 5.03 Å². The Morgan fingerprint density at radius 1 is 1.41 bits per heavy atom. The summed E-state index contributed by atoms with van der Waals surface area (Å²) in [5.74, 6) is 1.26. The molecule has 0 spiro atoms. The van der Waals surface area contributed by atoms with Crippen molar-refractivity contribution < 1.29 is 9.21 Å². The predicted octanol–water partition coefficient (Wildman–Crippen LogP) is 2.99. The Kier molecular flexibility index (Phi) is 5.17. The van der Waals surface area contributed by atoms with Crippen LogP contribution in [0, 0.1) is 32.1 Å². The molecule has 0 bridgehead atoms. The van der Waals surface area contributed by atoms with Crippen LogP contribution in [0.1, 0.15) is 29.0 Å². The van der Waals surface area contributed by atoms with Crippen molar-refractivity contribution in [3.63, 3.8) is 0 Å². The minimum absolute atomic E-state index is 0.191. The van der Waals surface area contributed by atoms with Crippen LogP contribution in [0.15, 0.2) is 21.8 Å². The van der Waals surface area contributed by atoms with Crippen molar-refractivity contribution in [2.45, 2.75) is 32.2 Å². The summed E-state index contributed by atoms with van der Waals surface area (Å²) >= 11 is 1.48. The predicted molar refractivity (Wildman–Crippen MR) is 83.6 cm³/mol. The quantitative estimate of drug-likeness (QED) is 0.673. The fourth-order valence-electron chi connectivity index (χ4n) is 1.80. The summed E-state index contributed by atoms with van der Waals surface area (Å²) < 4.78 is 5.41. The van der Waals surface area contributed by atoms with Gasteiger partial charge in [0.25, 0.3) is 0 Å². The second-order valence-corrected chi connectivity index (χ2v) is 5.86. The van der Waals surface area contributed by atoms with E-state index in [0.717, 1.165) is 16.3 Å². The van der Waals surface area contributed by atoms with Gasteiger partial charge in [0, 0.05) is 23.4 Å². The molecule has 0 radical (unpaired) electrons. The monoisotopic (exact) mass is 316 g/mol. The van der Waals surface area contributed by atoms with Crippen LogP contribution >= 0.6 is 11.8 Å². The van der Waals surface area contributed by atoms with E-state index >= 15 is 0 Å². The maximum atomic E-state index is 11.9. The van der Waals surface area contributed by atoms with E-state index in [4.69, 9.17) is 9.68 Å². The number of hydrogen-bond donors (Lipinski definition) is 1. The van der Waals surface area contributed by atoms with Crippen molar-refractivity contribution in [1.29, 1.82) is 5.26 Å². The van der Waals surface area contributed by atoms with Crippen LogP contribution in [0.4, 0.5) is 5.88 Å². The number of nitrogens with one attached hydrogen (secondary N) is 1. The molecule has 0 fully saturated rings. The number of anilines is 1. The van der Waals surface area contributed by atoms with Gasteiger partial charge in [-0.15, -0.1) is 11.8 Å². The lowest BCUT2D eigenvalue weighted by atomic mass is 10.2. The van der Waals surface area contributed by atoms with Gasteiger partial charge < -0.3 is 4.42 Å². The van der Waals surface area contributed by atoms with Gasteiger partial charge in [0.1, 0.15) is 23.7 Å². The molecule has 1 amide bonds. The zero-order valence-electron chi connectivity index (χ0n) is 12.6. The van der Waals surface area contributed by atoms with E-state index in [1.807, 2.05) is 19.1 Å². The van der Waals surface area contributed by atoms with E-state index in [9.17, 15) is 4.79 Å². The van der Waals surface area contributed by atoms with Crippen molar-refractivity contribution in [2.75, 3.05) is 11.1 Å². The SMILES string of the molecule is Cc1cc(SCCC(=O)Nc2oc(C)c(C)c2C#N)ncn1. The molecule has 22 heavy (non-hydrogen) atoms. The molecule has 0 saturated heterocycles. The largest absolute Gasteiger partial charge is 0.444 e. The normalized spacial score (nSPS) is 10.3. The number of nitriles is 1. The molecule has 7 heteroatoms. The van der Waals surface area contributed by atoms with E-state index in [2.05, 4.69) is 15.3 Å². The lowest BCUT2D eigenvalue weighted by molar-refractivity contribution is -0.115. The molecule has 0 unspecified atom stereocenters. The van der Waals surface area contributed by atoms with Gasteiger partial charge in [-0.05, 0) is 26.8 Å². The molecule has 6 nitrogen and oxygen atoms in total. The van der Waals surface area contributed by atoms with Crippen molar-refractivity contribution >= 4 is 23.6 Å². The number of thioether (sulfide) groups is 1. The molecule has 1 N–H and O–H groups in total. The maximum Gasteiger partial charge on any atom is 0.227 e. The number of amides is 1. The average molecular weight is 316 g/mol. The molecule has 0 aliphatic rings. The van der Waals surface area contributed by atoms with Gasteiger partial charge in [0.15, 0.2) is 0 Å². The molecule has 2 heterocycles. The standard InChI is InChI=1S/C15H16N4O2S/c1-9-6-14(18-8-17-9)22-5-4-13(20)19-15-12(7-16)10(2)11(3)21-15/h6,8H,4-5H2,1-3H3,(H,19,20). The Balaban J connectivity index is 1.89. The van der Waals surface area contributed by atoms with Crippen molar-refractivity contribution in [1.82, 2.24) is 9.97 Å². The molecule has 2 aromatic heterocycles. The summed E-state index contributed by atoms with van der Waals surface area (Å²) in [5.41, 5.74) is 2.02.